The van der Waals surface area contributed by atoms with Crippen LogP contribution in [0.25, 0.3) is 5.57 Å². The molecule has 2 saturated heterocycles. The number of primary amides is 1. The number of carbonyl (C=O) groups excluding carboxylic acids is 5. The van der Waals surface area contributed by atoms with Gasteiger partial charge in [-0.3, -0.25) is 28.5 Å². The average Bonchev–Trinajstić information content (AvgIpc) is 3.60. The molecule has 0 spiro atoms. The lowest BCUT2D eigenvalue weighted by Gasteiger charge is -2.38. The first kappa shape index (κ1) is 42.9. The molecule has 2 aliphatic heterocycles. The standard InChI is InChI=1S/C40H47F2N6O8P/c1-25(28-14-9-15-29(23-28)40(41,42)57(54,55)56)22-35(50)44-32-24-47(2)21-20-30-16-18-33(48(30)39(32)53)38(52)45-31(17-19-34(43)49)37(51)46-36(26-10-5-3-6-11-26)27-12-7-4-8-13-27/h3-15,22-23,30-33,36H,16-21,24H2,1-2H3,(H2,43,49)(H,44,50)(H,45,52)(H,46,51)(H2,54,55,56)/b25-22+/t30-,31+,32+,33+/m1/s1. The Bertz CT molecular complexity index is 1990. The molecule has 0 saturated carbocycles. The molecule has 5 rings (SSSR count). The maximum atomic E-state index is 14.4. The summed E-state index contributed by atoms with van der Waals surface area (Å²) in [6.45, 7) is 2.07. The van der Waals surface area contributed by atoms with Crippen LogP contribution in [-0.4, -0.2) is 93.4 Å². The van der Waals surface area contributed by atoms with E-state index >= 15 is 0 Å². The van der Waals surface area contributed by atoms with E-state index in [1.54, 1.807) is 7.05 Å². The van der Waals surface area contributed by atoms with Crippen LogP contribution in [0.1, 0.15) is 67.3 Å². The first-order valence-corrected chi connectivity index (χ1v) is 20.1. The number of nitrogens with one attached hydrogen (secondary N) is 3. The fourth-order valence-electron chi connectivity index (χ4n) is 7.22. The van der Waals surface area contributed by atoms with Crippen LogP contribution < -0.4 is 21.7 Å². The van der Waals surface area contributed by atoms with E-state index in [0.717, 1.165) is 29.3 Å². The van der Waals surface area contributed by atoms with Gasteiger partial charge in [-0.2, -0.15) is 8.78 Å². The summed E-state index contributed by atoms with van der Waals surface area (Å²) in [5.41, 5.74) is 1.93. The van der Waals surface area contributed by atoms with Gasteiger partial charge in [0, 0.05) is 30.6 Å². The summed E-state index contributed by atoms with van der Waals surface area (Å²) in [6.07, 6.45) is 2.11. The van der Waals surface area contributed by atoms with Gasteiger partial charge in [0.05, 0.1) is 6.04 Å². The maximum absolute atomic E-state index is 14.4. The van der Waals surface area contributed by atoms with E-state index in [9.17, 15) is 37.3 Å². The molecule has 5 amide bonds. The second-order valence-corrected chi connectivity index (χ2v) is 16.1. The van der Waals surface area contributed by atoms with Crippen molar-refractivity contribution >= 4 is 42.7 Å². The molecule has 0 bridgehead atoms. The van der Waals surface area contributed by atoms with E-state index in [0.29, 0.717) is 19.4 Å². The minimum absolute atomic E-state index is 0.0863. The zero-order valence-electron chi connectivity index (χ0n) is 31.5. The molecule has 2 aliphatic rings. The SMILES string of the molecule is C/C(=C\C(=O)N[C@H]1CN(C)CC[C@H]2CC[C@@H](C(=O)N[C@@H](CCC(N)=O)C(=O)NC(c3ccccc3)c3ccccc3)N2C1=O)c1cccc(C(F)(F)P(=O)(O)O)c1. The predicted octanol–water partition coefficient (Wildman–Crippen LogP) is 3.15. The Labute approximate surface area is 329 Å². The number of benzene rings is 3. The summed E-state index contributed by atoms with van der Waals surface area (Å²) in [4.78, 5) is 89.1. The minimum Gasteiger partial charge on any atom is -0.370 e. The number of halogens is 2. The molecule has 3 aromatic carbocycles. The quantitative estimate of drug-likeness (QED) is 0.104. The maximum Gasteiger partial charge on any atom is 0.399 e. The lowest BCUT2D eigenvalue weighted by molar-refractivity contribution is -0.145. The molecule has 3 aromatic rings. The number of rotatable bonds is 14. The zero-order valence-corrected chi connectivity index (χ0v) is 32.4. The molecule has 0 aromatic heterocycles. The van der Waals surface area contributed by atoms with Crippen molar-refractivity contribution in [3.8, 4) is 0 Å². The van der Waals surface area contributed by atoms with Gasteiger partial charge in [-0.15, -0.1) is 0 Å². The first-order valence-electron chi connectivity index (χ1n) is 18.5. The van der Waals surface area contributed by atoms with Crippen LogP contribution in [0, 0.1) is 0 Å². The van der Waals surface area contributed by atoms with Gasteiger partial charge in [0.1, 0.15) is 18.1 Å². The van der Waals surface area contributed by atoms with Gasteiger partial charge in [-0.25, -0.2) is 0 Å². The highest BCUT2D eigenvalue weighted by Gasteiger charge is 2.50. The molecule has 304 valence electrons. The number of carbonyl (C=O) groups is 5. The number of nitrogens with two attached hydrogens (primary N) is 1. The second-order valence-electron chi connectivity index (χ2n) is 14.4. The van der Waals surface area contributed by atoms with Crippen LogP contribution in [0.15, 0.2) is 91.0 Å². The van der Waals surface area contributed by atoms with Crippen LogP contribution in [0.2, 0.25) is 0 Å². The molecule has 2 fully saturated rings. The molecule has 57 heavy (non-hydrogen) atoms. The molecule has 0 aliphatic carbocycles. The average molecular weight is 809 g/mol. The van der Waals surface area contributed by atoms with Crippen molar-refractivity contribution in [2.45, 2.75) is 74.9 Å². The Morgan fingerprint density at radius 2 is 1.58 bits per heavy atom. The Balaban J connectivity index is 1.34. The minimum atomic E-state index is -5.83. The topological polar surface area (TPSA) is 211 Å². The second kappa shape index (κ2) is 18.3. The van der Waals surface area contributed by atoms with E-state index in [4.69, 9.17) is 15.5 Å². The molecule has 4 atom stereocenters. The molecule has 0 radical (unpaired) electrons. The lowest BCUT2D eigenvalue weighted by atomic mass is 9.98. The summed E-state index contributed by atoms with van der Waals surface area (Å²) < 4.78 is 40.2. The monoisotopic (exact) mass is 808 g/mol. The smallest absolute Gasteiger partial charge is 0.370 e. The normalized spacial score (nSPS) is 19.9. The van der Waals surface area contributed by atoms with E-state index in [-0.39, 0.29) is 43.0 Å². The summed E-state index contributed by atoms with van der Waals surface area (Å²) in [5, 5.41) is 8.48. The van der Waals surface area contributed by atoms with Gasteiger partial charge < -0.3 is 41.3 Å². The molecule has 0 unspecified atom stereocenters. The third kappa shape index (κ3) is 10.6. The number of amides is 5. The summed E-state index contributed by atoms with van der Waals surface area (Å²) in [6, 6.07) is 18.6. The van der Waals surface area contributed by atoms with Crippen molar-refractivity contribution in [3.05, 3.63) is 113 Å². The number of fused-ring (bicyclic) bond motifs is 1. The number of hydrogen-bond donors (Lipinski definition) is 6. The first-order chi connectivity index (χ1) is 27.0. The van der Waals surface area contributed by atoms with Crippen molar-refractivity contribution in [3.63, 3.8) is 0 Å². The molecular formula is C40H47F2N6O8P. The van der Waals surface area contributed by atoms with E-state index in [1.807, 2.05) is 65.6 Å². The van der Waals surface area contributed by atoms with E-state index in [2.05, 4.69) is 16.0 Å². The van der Waals surface area contributed by atoms with Gasteiger partial charge in [0.2, 0.25) is 29.5 Å². The van der Waals surface area contributed by atoms with Crippen LogP contribution >= 0.6 is 7.60 Å². The molecular weight excluding hydrogens is 761 g/mol. The summed E-state index contributed by atoms with van der Waals surface area (Å²) in [7, 11) is -4.04. The van der Waals surface area contributed by atoms with Crippen LogP contribution in [0.3, 0.4) is 0 Å². The van der Waals surface area contributed by atoms with Gasteiger partial charge in [0.15, 0.2) is 0 Å². The number of alkyl halides is 2. The fraction of sp³-hybridized carbons (Fsp3) is 0.375. The predicted molar refractivity (Wildman–Crippen MR) is 207 cm³/mol. The zero-order chi connectivity index (χ0) is 41.5. The van der Waals surface area contributed by atoms with Crippen LogP contribution in [-0.2, 0) is 34.2 Å². The molecule has 7 N–H and O–H groups in total. The number of allylic oxidation sites excluding steroid dienone is 1. The third-order valence-electron chi connectivity index (χ3n) is 10.3. The Hall–Kier alpha value is -5.28. The van der Waals surface area contributed by atoms with Crippen molar-refractivity contribution in [2.24, 2.45) is 5.73 Å². The Morgan fingerprint density at radius 1 is 0.947 bits per heavy atom. The van der Waals surface area contributed by atoms with Gasteiger partial charge in [-0.05, 0) is 74.5 Å². The van der Waals surface area contributed by atoms with Crippen molar-refractivity contribution in [1.82, 2.24) is 25.8 Å². The highest BCUT2D eigenvalue weighted by atomic mass is 31.2. The van der Waals surface area contributed by atoms with Crippen molar-refractivity contribution in [1.29, 1.82) is 0 Å². The fourth-order valence-corrected chi connectivity index (χ4v) is 7.70. The van der Waals surface area contributed by atoms with Crippen molar-refractivity contribution < 1.29 is 47.1 Å². The number of nitrogens with zero attached hydrogens (tertiary/aromatic N) is 2. The van der Waals surface area contributed by atoms with Gasteiger partial charge in [-0.1, -0.05) is 78.9 Å². The largest absolute Gasteiger partial charge is 0.399 e. The molecule has 2 heterocycles. The number of hydrogen-bond acceptors (Lipinski definition) is 7. The highest BCUT2D eigenvalue weighted by molar-refractivity contribution is 7.52. The lowest BCUT2D eigenvalue weighted by Crippen LogP contribution is -2.61. The Morgan fingerprint density at radius 3 is 2.18 bits per heavy atom. The van der Waals surface area contributed by atoms with Crippen LogP contribution in [0.5, 0.6) is 0 Å². The van der Waals surface area contributed by atoms with E-state index < -0.39 is 72.5 Å². The van der Waals surface area contributed by atoms with Gasteiger partial charge in [0.25, 0.3) is 0 Å². The Kier molecular flexibility index (Phi) is 13.8. The summed E-state index contributed by atoms with van der Waals surface area (Å²) in [5.74, 6) is -3.09. The highest BCUT2D eigenvalue weighted by Crippen LogP contribution is 2.59. The van der Waals surface area contributed by atoms with Crippen LogP contribution in [0.4, 0.5) is 8.78 Å². The third-order valence-corrected chi connectivity index (χ3v) is 11.2. The molecule has 17 heteroatoms. The number of likely N-dealkylation sites (N-methyl/N-ethyl adjacent to an activating group) is 1. The van der Waals surface area contributed by atoms with E-state index in [1.165, 1.54) is 24.0 Å². The van der Waals surface area contributed by atoms with Gasteiger partial charge >= 0.3 is 13.3 Å². The molecule has 14 nitrogen and oxygen atoms in total. The van der Waals surface area contributed by atoms with Crippen molar-refractivity contribution in [2.75, 3.05) is 20.1 Å². The summed E-state index contributed by atoms with van der Waals surface area (Å²) >= 11 is 0.